The molecule has 0 saturated carbocycles. The third-order valence-electron chi connectivity index (χ3n) is 4.68. The van der Waals surface area contributed by atoms with Crippen LogP contribution in [0.4, 0.5) is 10.1 Å². The monoisotopic (exact) mass is 523 g/mol. The molecule has 0 aliphatic rings. The van der Waals surface area contributed by atoms with Crippen LogP contribution < -0.4 is 5.32 Å². The van der Waals surface area contributed by atoms with E-state index < -0.39 is 5.82 Å². The molecule has 1 N–H and O–H groups in total. The fourth-order valence-corrected chi connectivity index (χ4v) is 3.97. The number of furan rings is 1. The predicted molar refractivity (Wildman–Crippen MR) is 133 cm³/mol. The lowest BCUT2D eigenvalue weighted by Crippen LogP contribution is -2.10. The Kier molecular flexibility index (Phi) is 7.19. The van der Waals surface area contributed by atoms with E-state index in [0.717, 1.165) is 5.56 Å². The highest BCUT2D eigenvalue weighted by Gasteiger charge is 2.11. The van der Waals surface area contributed by atoms with Gasteiger partial charge in [0.2, 0.25) is 4.77 Å². The van der Waals surface area contributed by atoms with Crippen molar-refractivity contribution in [1.29, 1.82) is 0 Å². The number of anilines is 1. The van der Waals surface area contributed by atoms with Crippen molar-refractivity contribution in [2.24, 2.45) is 5.10 Å². The Labute approximate surface area is 209 Å². The number of rotatable bonds is 7. The summed E-state index contributed by atoms with van der Waals surface area (Å²) in [5.41, 5.74) is 1.37. The molecule has 2 heterocycles. The van der Waals surface area contributed by atoms with Gasteiger partial charge in [-0.2, -0.15) is 14.9 Å². The van der Waals surface area contributed by atoms with Gasteiger partial charge in [-0.1, -0.05) is 41.7 Å². The van der Waals surface area contributed by atoms with Crippen LogP contribution in [0, 0.1) is 10.6 Å². The molecular formula is C22H17Cl3FN5OS. The third kappa shape index (κ3) is 5.30. The summed E-state index contributed by atoms with van der Waals surface area (Å²) in [5.74, 6) is 1.30. The van der Waals surface area contributed by atoms with E-state index in [1.165, 1.54) is 12.1 Å². The predicted octanol–water partition coefficient (Wildman–Crippen LogP) is 7.29. The molecule has 0 aliphatic heterocycles. The highest BCUT2D eigenvalue weighted by molar-refractivity contribution is 7.71. The summed E-state index contributed by atoms with van der Waals surface area (Å²) in [7, 11) is 0. The lowest BCUT2D eigenvalue weighted by Gasteiger charge is -2.06. The molecule has 0 radical (unpaired) electrons. The lowest BCUT2D eigenvalue weighted by atomic mass is 10.2. The maximum absolute atomic E-state index is 13.4. The standard InChI is InChI=1S/C22H17Cl3FN5OS/c1-2-21-29-30(12-27-14-4-7-19(26)18(25)10-14)22(33)31(21)28-11-15-5-8-20(32-15)16-6-3-13(23)9-17(16)24/h3-11,27H,2,12H2,1H3/b28-11+. The van der Waals surface area contributed by atoms with E-state index in [2.05, 4.69) is 15.5 Å². The molecule has 4 rings (SSSR count). The third-order valence-corrected chi connectivity index (χ3v) is 5.90. The topological polar surface area (TPSA) is 60.3 Å². The first-order chi connectivity index (χ1) is 15.9. The molecule has 0 fully saturated rings. The van der Waals surface area contributed by atoms with Crippen molar-refractivity contribution in [1.82, 2.24) is 14.5 Å². The molecule has 2 aromatic heterocycles. The number of hydrogen-bond donors (Lipinski definition) is 1. The number of aromatic nitrogens is 3. The van der Waals surface area contributed by atoms with E-state index >= 15 is 0 Å². The Hall–Kier alpha value is -2.65. The molecule has 0 unspecified atom stereocenters. The van der Waals surface area contributed by atoms with Gasteiger partial charge in [0.1, 0.15) is 24.0 Å². The second-order valence-corrected chi connectivity index (χ2v) is 8.51. The zero-order valence-corrected chi connectivity index (χ0v) is 20.3. The first-order valence-corrected chi connectivity index (χ1v) is 11.4. The summed E-state index contributed by atoms with van der Waals surface area (Å²) in [6, 6.07) is 13.2. The van der Waals surface area contributed by atoms with E-state index in [9.17, 15) is 4.39 Å². The van der Waals surface area contributed by atoms with Crippen LogP contribution >= 0.6 is 47.0 Å². The van der Waals surface area contributed by atoms with Crippen LogP contribution in [0.1, 0.15) is 18.5 Å². The van der Waals surface area contributed by atoms with E-state index in [4.69, 9.17) is 51.4 Å². The van der Waals surface area contributed by atoms with E-state index in [-0.39, 0.29) is 11.7 Å². The van der Waals surface area contributed by atoms with Gasteiger partial charge in [-0.05, 0) is 60.7 Å². The number of halogens is 4. The van der Waals surface area contributed by atoms with Gasteiger partial charge in [-0.25, -0.2) is 9.07 Å². The first kappa shape index (κ1) is 23.5. The van der Waals surface area contributed by atoms with E-state index in [1.54, 1.807) is 52.0 Å². The van der Waals surface area contributed by atoms with Crippen LogP contribution in [0.5, 0.6) is 0 Å². The smallest absolute Gasteiger partial charge is 0.220 e. The van der Waals surface area contributed by atoms with Crippen molar-refractivity contribution < 1.29 is 8.81 Å². The van der Waals surface area contributed by atoms with Gasteiger partial charge in [0.15, 0.2) is 5.82 Å². The van der Waals surface area contributed by atoms with Crippen molar-refractivity contribution in [3.05, 3.63) is 85.8 Å². The quantitative estimate of drug-likeness (QED) is 0.204. The molecule has 0 atom stereocenters. The summed E-state index contributed by atoms with van der Waals surface area (Å²) in [4.78, 5) is 0. The van der Waals surface area contributed by atoms with Crippen molar-refractivity contribution in [2.45, 2.75) is 20.0 Å². The summed E-state index contributed by atoms with van der Waals surface area (Å²) >= 11 is 23.6. The minimum Gasteiger partial charge on any atom is -0.455 e. The average molecular weight is 525 g/mol. The van der Waals surface area contributed by atoms with Gasteiger partial charge in [-0.3, -0.25) is 0 Å². The Balaban J connectivity index is 1.53. The number of hydrogen-bond acceptors (Lipinski definition) is 5. The number of aryl methyl sites for hydroxylation is 1. The summed E-state index contributed by atoms with van der Waals surface area (Å²) < 4.78 is 22.7. The molecular weight excluding hydrogens is 508 g/mol. The van der Waals surface area contributed by atoms with Crippen LogP contribution in [0.15, 0.2) is 58.0 Å². The Morgan fingerprint density at radius 2 is 1.94 bits per heavy atom. The largest absolute Gasteiger partial charge is 0.455 e. The van der Waals surface area contributed by atoms with E-state index in [1.807, 2.05) is 6.92 Å². The minimum atomic E-state index is -0.481. The van der Waals surface area contributed by atoms with Crippen molar-refractivity contribution >= 4 is 58.9 Å². The van der Waals surface area contributed by atoms with Gasteiger partial charge in [0.05, 0.1) is 16.3 Å². The summed E-state index contributed by atoms with van der Waals surface area (Å²) in [5, 5.41) is 13.1. The second kappa shape index (κ2) is 10.1. The molecule has 33 heavy (non-hydrogen) atoms. The van der Waals surface area contributed by atoms with Gasteiger partial charge >= 0.3 is 0 Å². The highest BCUT2D eigenvalue weighted by atomic mass is 35.5. The fraction of sp³-hybridized carbons (Fsp3) is 0.136. The van der Waals surface area contributed by atoms with Crippen LogP contribution in [0.25, 0.3) is 11.3 Å². The molecule has 4 aromatic rings. The zero-order valence-electron chi connectivity index (χ0n) is 17.2. The van der Waals surface area contributed by atoms with Gasteiger partial charge < -0.3 is 9.73 Å². The van der Waals surface area contributed by atoms with Crippen LogP contribution in [-0.2, 0) is 13.1 Å². The normalized spacial score (nSPS) is 11.4. The summed E-state index contributed by atoms with van der Waals surface area (Å²) in [6.45, 7) is 2.21. The second-order valence-electron chi connectivity index (χ2n) is 6.90. The molecule has 6 nitrogen and oxygen atoms in total. The number of benzene rings is 2. The molecule has 11 heteroatoms. The SMILES string of the molecule is CCc1nn(CNc2ccc(F)c(Cl)c2)c(=S)n1/N=C/c1ccc(-c2ccc(Cl)cc2Cl)o1. The van der Waals surface area contributed by atoms with Crippen LogP contribution in [0.2, 0.25) is 15.1 Å². The zero-order chi connectivity index (χ0) is 23.5. The number of nitrogens with zero attached hydrogens (tertiary/aromatic N) is 4. The van der Waals surface area contributed by atoms with Crippen LogP contribution in [0.3, 0.4) is 0 Å². The minimum absolute atomic E-state index is 0.0330. The molecule has 0 aliphatic carbocycles. The average Bonchev–Trinajstić information content (AvgIpc) is 3.37. The molecule has 170 valence electrons. The Bertz CT molecular complexity index is 1400. The maximum Gasteiger partial charge on any atom is 0.220 e. The fourth-order valence-electron chi connectivity index (χ4n) is 3.03. The molecule has 0 bridgehead atoms. The molecule has 0 amide bonds. The Morgan fingerprint density at radius 3 is 2.67 bits per heavy atom. The van der Waals surface area contributed by atoms with Gasteiger partial charge in [0.25, 0.3) is 0 Å². The van der Waals surface area contributed by atoms with E-state index in [0.29, 0.717) is 44.3 Å². The van der Waals surface area contributed by atoms with Crippen molar-refractivity contribution in [2.75, 3.05) is 5.32 Å². The first-order valence-electron chi connectivity index (χ1n) is 9.83. The van der Waals surface area contributed by atoms with Crippen LogP contribution in [-0.4, -0.2) is 20.7 Å². The van der Waals surface area contributed by atoms with Crippen molar-refractivity contribution in [3.63, 3.8) is 0 Å². The van der Waals surface area contributed by atoms with Gasteiger partial charge in [-0.15, -0.1) is 0 Å². The summed E-state index contributed by atoms with van der Waals surface area (Å²) in [6.07, 6.45) is 2.17. The maximum atomic E-state index is 13.4. The Morgan fingerprint density at radius 1 is 1.12 bits per heavy atom. The molecule has 2 aromatic carbocycles. The lowest BCUT2D eigenvalue weighted by molar-refractivity contribution is 0.574. The number of nitrogens with one attached hydrogen (secondary N) is 1. The molecule has 0 saturated heterocycles. The van der Waals surface area contributed by atoms with Gasteiger partial charge in [0, 0.05) is 22.7 Å². The highest BCUT2D eigenvalue weighted by Crippen LogP contribution is 2.31. The van der Waals surface area contributed by atoms with Crippen molar-refractivity contribution in [3.8, 4) is 11.3 Å². The molecule has 0 spiro atoms.